The Morgan fingerprint density at radius 2 is 1.89 bits per heavy atom. The van der Waals surface area contributed by atoms with Crippen LogP contribution >= 0.6 is 0 Å². The van der Waals surface area contributed by atoms with Crippen molar-refractivity contribution in [1.29, 1.82) is 0 Å². The molecule has 0 unspecified atom stereocenters. The van der Waals surface area contributed by atoms with Crippen molar-refractivity contribution >= 4 is 0 Å². The number of hydrogen-bond acceptors (Lipinski definition) is 3. The lowest BCUT2D eigenvalue weighted by molar-refractivity contribution is -0.581. The maximum Gasteiger partial charge on any atom is 0.247 e. The zero-order chi connectivity index (χ0) is 13.0. The Balaban J connectivity index is 1.98. The maximum atomic E-state index is 11.2. The quantitative estimate of drug-likeness (QED) is 0.644. The third-order valence-corrected chi connectivity index (χ3v) is 4.00. The highest BCUT2D eigenvalue weighted by molar-refractivity contribution is 5.15. The lowest BCUT2D eigenvalue weighted by atomic mass is 9.87. The molecular formula is C14H19NO3. The molecule has 1 saturated carbocycles. The van der Waals surface area contributed by atoms with Gasteiger partial charge < -0.3 is 5.11 Å². The molecular weight excluding hydrogens is 230 g/mol. The molecule has 0 radical (unpaired) electrons. The molecule has 0 aliphatic heterocycles. The van der Waals surface area contributed by atoms with Crippen LogP contribution in [0.1, 0.15) is 37.7 Å². The fourth-order valence-electron chi connectivity index (χ4n) is 2.84. The smallest absolute Gasteiger partial charge is 0.247 e. The summed E-state index contributed by atoms with van der Waals surface area (Å²) in [5, 5.41) is 21.4. The second kappa shape index (κ2) is 5.48. The van der Waals surface area contributed by atoms with Gasteiger partial charge in [0.1, 0.15) is 6.10 Å². The molecule has 1 aromatic carbocycles. The summed E-state index contributed by atoms with van der Waals surface area (Å²) >= 11 is 0. The van der Waals surface area contributed by atoms with Crippen LogP contribution in [0.5, 0.6) is 0 Å². The summed E-state index contributed by atoms with van der Waals surface area (Å²) in [6.45, 7) is 0. The van der Waals surface area contributed by atoms with Crippen LogP contribution in [0.4, 0.5) is 0 Å². The first-order valence-electron chi connectivity index (χ1n) is 6.52. The first kappa shape index (κ1) is 13.0. The minimum Gasteiger partial charge on any atom is -0.386 e. The molecule has 2 rings (SSSR count). The van der Waals surface area contributed by atoms with Crippen molar-refractivity contribution in [3.63, 3.8) is 0 Å². The van der Waals surface area contributed by atoms with Gasteiger partial charge in [-0.05, 0) is 31.2 Å². The van der Waals surface area contributed by atoms with Crippen molar-refractivity contribution in [3.8, 4) is 0 Å². The van der Waals surface area contributed by atoms with Gasteiger partial charge in [-0.25, -0.2) is 0 Å². The van der Waals surface area contributed by atoms with Crippen LogP contribution in [-0.4, -0.2) is 21.7 Å². The lowest BCUT2D eigenvalue weighted by Crippen LogP contribution is -2.47. The summed E-state index contributed by atoms with van der Waals surface area (Å²) in [5.74, 6) is 0. The van der Waals surface area contributed by atoms with Crippen molar-refractivity contribution in [1.82, 2.24) is 0 Å². The van der Waals surface area contributed by atoms with Gasteiger partial charge in [-0.1, -0.05) is 30.3 Å². The highest BCUT2D eigenvalue weighted by Crippen LogP contribution is 2.37. The third-order valence-electron chi connectivity index (χ3n) is 4.00. The Kier molecular flexibility index (Phi) is 3.97. The SMILES string of the molecule is O=[N+]([O-])C1([C@H](O)CCc2ccccc2)CCCC1. The first-order chi connectivity index (χ1) is 8.65. The van der Waals surface area contributed by atoms with Crippen molar-refractivity contribution in [3.05, 3.63) is 46.0 Å². The van der Waals surface area contributed by atoms with E-state index in [1.807, 2.05) is 30.3 Å². The van der Waals surface area contributed by atoms with Gasteiger partial charge in [-0.2, -0.15) is 0 Å². The van der Waals surface area contributed by atoms with E-state index < -0.39 is 11.6 Å². The maximum absolute atomic E-state index is 11.2. The van der Waals surface area contributed by atoms with E-state index in [1.165, 1.54) is 0 Å². The molecule has 1 aliphatic rings. The Bertz CT molecular complexity index is 399. The minimum absolute atomic E-state index is 0.254. The molecule has 1 fully saturated rings. The van der Waals surface area contributed by atoms with Gasteiger partial charge in [0.2, 0.25) is 5.54 Å². The van der Waals surface area contributed by atoms with Crippen LogP contribution < -0.4 is 0 Å². The Hall–Kier alpha value is -1.42. The topological polar surface area (TPSA) is 63.4 Å². The van der Waals surface area contributed by atoms with Crippen molar-refractivity contribution in [2.24, 2.45) is 0 Å². The van der Waals surface area contributed by atoms with E-state index >= 15 is 0 Å². The average Bonchev–Trinajstić information content (AvgIpc) is 2.88. The predicted molar refractivity (Wildman–Crippen MR) is 69.0 cm³/mol. The number of hydrogen-bond donors (Lipinski definition) is 1. The molecule has 1 N–H and O–H groups in total. The molecule has 0 amide bonds. The number of benzene rings is 1. The normalized spacial score (nSPS) is 19.6. The van der Waals surface area contributed by atoms with Gasteiger partial charge in [-0.15, -0.1) is 0 Å². The molecule has 0 saturated heterocycles. The second-order valence-electron chi connectivity index (χ2n) is 5.11. The predicted octanol–water partition coefficient (Wildman–Crippen LogP) is 2.57. The number of aliphatic hydroxyl groups is 1. The summed E-state index contributed by atoms with van der Waals surface area (Å²) in [6, 6.07) is 9.80. The minimum atomic E-state index is -1.09. The van der Waals surface area contributed by atoms with Gasteiger partial charge in [0.25, 0.3) is 0 Å². The fourth-order valence-corrected chi connectivity index (χ4v) is 2.84. The monoisotopic (exact) mass is 249 g/mol. The van der Waals surface area contributed by atoms with E-state index in [9.17, 15) is 15.2 Å². The number of nitro groups is 1. The Morgan fingerprint density at radius 1 is 1.28 bits per heavy atom. The van der Waals surface area contributed by atoms with E-state index in [1.54, 1.807) is 0 Å². The average molecular weight is 249 g/mol. The van der Waals surface area contributed by atoms with Crippen LogP contribution in [0, 0.1) is 10.1 Å². The van der Waals surface area contributed by atoms with Gasteiger partial charge >= 0.3 is 0 Å². The highest BCUT2D eigenvalue weighted by Gasteiger charge is 2.51. The molecule has 4 heteroatoms. The summed E-state index contributed by atoms with van der Waals surface area (Å²) < 4.78 is 0. The Morgan fingerprint density at radius 3 is 2.44 bits per heavy atom. The van der Waals surface area contributed by atoms with E-state index in [4.69, 9.17) is 0 Å². The molecule has 1 atom stereocenters. The second-order valence-corrected chi connectivity index (χ2v) is 5.11. The molecule has 0 heterocycles. The molecule has 1 aliphatic carbocycles. The molecule has 0 spiro atoms. The van der Waals surface area contributed by atoms with E-state index in [0.717, 1.165) is 18.4 Å². The molecule has 18 heavy (non-hydrogen) atoms. The van der Waals surface area contributed by atoms with Crippen LogP contribution in [0.15, 0.2) is 30.3 Å². The Labute approximate surface area is 107 Å². The van der Waals surface area contributed by atoms with E-state index in [2.05, 4.69) is 0 Å². The van der Waals surface area contributed by atoms with Gasteiger partial charge in [0.05, 0.1) is 0 Å². The highest BCUT2D eigenvalue weighted by atomic mass is 16.6. The largest absolute Gasteiger partial charge is 0.386 e. The standard InChI is InChI=1S/C14H19NO3/c16-13(9-8-12-6-2-1-3-7-12)14(15(17)18)10-4-5-11-14/h1-3,6-7,13,16H,4-5,8-11H2/t13-/m1/s1. The lowest BCUT2D eigenvalue weighted by Gasteiger charge is -2.25. The van der Waals surface area contributed by atoms with Gasteiger partial charge in [0.15, 0.2) is 0 Å². The third kappa shape index (κ3) is 2.53. The molecule has 98 valence electrons. The van der Waals surface area contributed by atoms with Crippen LogP contribution in [0.25, 0.3) is 0 Å². The van der Waals surface area contributed by atoms with E-state index in [-0.39, 0.29) is 4.92 Å². The van der Waals surface area contributed by atoms with E-state index in [0.29, 0.717) is 25.7 Å². The van der Waals surface area contributed by atoms with Crippen LogP contribution in [0.3, 0.4) is 0 Å². The van der Waals surface area contributed by atoms with Crippen molar-refractivity contribution in [2.75, 3.05) is 0 Å². The number of aryl methyl sites for hydroxylation is 1. The summed E-state index contributed by atoms with van der Waals surface area (Å²) in [4.78, 5) is 11.0. The summed E-state index contributed by atoms with van der Waals surface area (Å²) in [7, 11) is 0. The molecule has 0 aromatic heterocycles. The van der Waals surface area contributed by atoms with Crippen molar-refractivity contribution in [2.45, 2.75) is 50.2 Å². The zero-order valence-electron chi connectivity index (χ0n) is 10.4. The van der Waals surface area contributed by atoms with Gasteiger partial charge in [-0.3, -0.25) is 10.1 Å². The number of aliphatic hydroxyl groups excluding tert-OH is 1. The summed E-state index contributed by atoms with van der Waals surface area (Å²) in [6.07, 6.45) is 3.04. The van der Waals surface area contributed by atoms with Gasteiger partial charge in [0, 0.05) is 17.8 Å². The molecule has 4 nitrogen and oxygen atoms in total. The number of rotatable bonds is 5. The first-order valence-corrected chi connectivity index (χ1v) is 6.52. The molecule has 0 bridgehead atoms. The zero-order valence-corrected chi connectivity index (χ0v) is 10.4. The fraction of sp³-hybridized carbons (Fsp3) is 0.571. The van der Waals surface area contributed by atoms with Crippen LogP contribution in [-0.2, 0) is 6.42 Å². The molecule has 1 aromatic rings. The van der Waals surface area contributed by atoms with Crippen molar-refractivity contribution < 1.29 is 10.0 Å². The number of nitrogens with zero attached hydrogens (tertiary/aromatic N) is 1. The summed E-state index contributed by atoms with van der Waals surface area (Å²) in [5.41, 5.74) is 0.0300. The van der Waals surface area contributed by atoms with Crippen LogP contribution in [0.2, 0.25) is 0 Å².